The quantitative estimate of drug-likeness (QED) is 0.173. The minimum atomic E-state index is -0.804. The van der Waals surface area contributed by atoms with E-state index in [1.165, 1.54) is 22.3 Å². The van der Waals surface area contributed by atoms with E-state index in [0.29, 0.717) is 17.5 Å². The van der Waals surface area contributed by atoms with Gasteiger partial charge in [0, 0.05) is 33.2 Å². The van der Waals surface area contributed by atoms with E-state index in [4.69, 9.17) is 19.7 Å². The van der Waals surface area contributed by atoms with Gasteiger partial charge < -0.3 is 4.74 Å². The second-order valence-corrected chi connectivity index (χ2v) is 17.1. The first-order valence-corrected chi connectivity index (χ1v) is 22.4. The molecular weight excluding hydrogens is 803 g/mol. The van der Waals surface area contributed by atoms with Crippen LogP contribution in [0.15, 0.2) is 237 Å². The number of para-hydroxylation sites is 1. The molecule has 1 aliphatic carbocycles. The van der Waals surface area contributed by atoms with Crippen molar-refractivity contribution in [2.45, 2.75) is 5.41 Å². The van der Waals surface area contributed by atoms with E-state index in [2.05, 4.69) is 218 Å². The van der Waals surface area contributed by atoms with Gasteiger partial charge in [-0.2, -0.15) is 0 Å². The van der Waals surface area contributed by atoms with Gasteiger partial charge in [-0.1, -0.05) is 206 Å². The fourth-order valence-corrected chi connectivity index (χ4v) is 10.4. The van der Waals surface area contributed by atoms with Crippen LogP contribution in [-0.4, -0.2) is 15.0 Å². The molecule has 2 heterocycles. The Balaban J connectivity index is 1.11. The fraction of sp³-hybridized carbons (Fsp3) is 0.0161. The maximum atomic E-state index is 7.06. The molecule has 1 unspecified atom stereocenters. The fourth-order valence-electron chi connectivity index (χ4n) is 10.4. The predicted molar refractivity (Wildman–Crippen MR) is 267 cm³/mol. The normalized spacial score (nSPS) is 14.2. The lowest BCUT2D eigenvalue weighted by Crippen LogP contribution is -2.35. The van der Waals surface area contributed by atoms with Crippen LogP contribution in [0.3, 0.4) is 0 Å². The molecule has 66 heavy (non-hydrogen) atoms. The molecule has 0 fully saturated rings. The van der Waals surface area contributed by atoms with E-state index < -0.39 is 5.41 Å². The molecule has 2 aliphatic rings. The summed E-state index contributed by atoms with van der Waals surface area (Å²) in [5.74, 6) is 3.50. The van der Waals surface area contributed by atoms with E-state index >= 15 is 0 Å². The molecule has 0 N–H and O–H groups in total. The molecule has 0 amide bonds. The monoisotopic (exact) mass is 841 g/mol. The molecule has 1 atom stereocenters. The van der Waals surface area contributed by atoms with Crippen molar-refractivity contribution in [3.8, 4) is 90.2 Å². The number of ether oxygens (including phenoxy) is 1. The van der Waals surface area contributed by atoms with Gasteiger partial charge in [0.1, 0.15) is 11.5 Å². The van der Waals surface area contributed by atoms with Gasteiger partial charge in [0.25, 0.3) is 0 Å². The highest BCUT2D eigenvalue weighted by Gasteiger charge is 2.49. The molecule has 0 saturated carbocycles. The summed E-state index contributed by atoms with van der Waals surface area (Å²) in [4.78, 5) is 16.0. The minimum Gasteiger partial charge on any atom is -0.456 e. The molecule has 11 aromatic rings. The summed E-state index contributed by atoms with van der Waals surface area (Å²) in [6.45, 7) is 0. The van der Waals surface area contributed by atoms with Crippen molar-refractivity contribution >= 4 is 10.8 Å². The van der Waals surface area contributed by atoms with Crippen molar-refractivity contribution < 1.29 is 4.74 Å². The van der Waals surface area contributed by atoms with E-state index in [0.717, 1.165) is 83.5 Å². The summed E-state index contributed by atoms with van der Waals surface area (Å²) in [5.41, 5.74) is 15.5. The Hall–Kier alpha value is -8.73. The molecule has 0 saturated heterocycles. The van der Waals surface area contributed by atoms with Gasteiger partial charge in [-0.05, 0) is 91.4 Å². The molecule has 10 aromatic carbocycles. The van der Waals surface area contributed by atoms with Crippen LogP contribution in [0.2, 0.25) is 0 Å². The Morgan fingerprint density at radius 2 is 0.788 bits per heavy atom. The average molecular weight is 842 g/mol. The molecule has 4 nitrogen and oxygen atoms in total. The second-order valence-electron chi connectivity index (χ2n) is 17.1. The highest BCUT2D eigenvalue weighted by atomic mass is 16.5. The van der Waals surface area contributed by atoms with E-state index in [1.807, 2.05) is 18.2 Å². The van der Waals surface area contributed by atoms with Crippen LogP contribution in [0.4, 0.5) is 0 Å². The summed E-state index contributed by atoms with van der Waals surface area (Å²) >= 11 is 0. The van der Waals surface area contributed by atoms with Gasteiger partial charge in [0.05, 0.1) is 5.41 Å². The van der Waals surface area contributed by atoms with Gasteiger partial charge in [-0.3, -0.25) is 0 Å². The zero-order valence-electron chi connectivity index (χ0n) is 35.8. The lowest BCUT2D eigenvalue weighted by Gasteiger charge is -2.42. The SMILES string of the molecule is c1ccc(-c2cc(-c3ccccc3)cc(-c3nc(-c4ccccc4)nc(-c4ccc5c(c4)C4(c6ccccc6Oc6c4ccc4ccccc64)c4ccccc4-c4ccccc4-5)n3)c2)cc1. The van der Waals surface area contributed by atoms with Crippen LogP contribution in [-0.2, 0) is 5.41 Å². The maximum absolute atomic E-state index is 7.06. The van der Waals surface area contributed by atoms with E-state index in [9.17, 15) is 0 Å². The molecule has 0 bridgehead atoms. The zero-order valence-corrected chi connectivity index (χ0v) is 35.8. The third-order valence-corrected chi connectivity index (χ3v) is 13.4. The zero-order chi connectivity index (χ0) is 43.6. The summed E-state index contributed by atoms with van der Waals surface area (Å²) < 4.78 is 7.06. The van der Waals surface area contributed by atoms with Crippen molar-refractivity contribution in [1.82, 2.24) is 15.0 Å². The van der Waals surface area contributed by atoms with Crippen molar-refractivity contribution in [2.24, 2.45) is 0 Å². The van der Waals surface area contributed by atoms with E-state index in [-0.39, 0.29) is 0 Å². The van der Waals surface area contributed by atoms with E-state index in [1.54, 1.807) is 0 Å². The van der Waals surface area contributed by atoms with Crippen molar-refractivity contribution in [1.29, 1.82) is 0 Å². The minimum absolute atomic E-state index is 0.591. The van der Waals surface area contributed by atoms with Gasteiger partial charge >= 0.3 is 0 Å². The molecule has 1 aliphatic heterocycles. The summed E-state index contributed by atoms with van der Waals surface area (Å²) in [6, 6.07) is 84.1. The molecule has 4 heteroatoms. The lowest BCUT2D eigenvalue weighted by atomic mass is 9.61. The van der Waals surface area contributed by atoms with Crippen LogP contribution in [0.25, 0.3) is 89.4 Å². The van der Waals surface area contributed by atoms with Crippen molar-refractivity contribution in [2.75, 3.05) is 0 Å². The number of fused-ring (bicyclic) bond motifs is 13. The largest absolute Gasteiger partial charge is 0.456 e. The first-order chi connectivity index (χ1) is 32.7. The first-order valence-electron chi connectivity index (χ1n) is 22.4. The Bertz CT molecular complexity index is 3620. The standard InChI is InChI=1S/C62H39N3O/c1-4-18-40(19-5-1)45-36-46(41-20-6-2-7-21-41)38-47(37-45)61-64-59(43-23-8-3-9-24-43)63-60(65-61)44-32-34-52-50-27-13-12-26-49(50)51-28-14-15-29-53(51)62(56(52)39-44)54-30-16-17-31-57(54)66-58-48-25-11-10-22-42(48)33-35-55(58)62/h1-39H. The topological polar surface area (TPSA) is 47.9 Å². The highest BCUT2D eigenvalue weighted by Crippen LogP contribution is 2.62. The number of hydrogen-bond acceptors (Lipinski definition) is 4. The van der Waals surface area contributed by atoms with Gasteiger partial charge in [-0.25, -0.2) is 15.0 Å². The van der Waals surface area contributed by atoms with Gasteiger partial charge in [0.2, 0.25) is 0 Å². The number of hydrogen-bond donors (Lipinski definition) is 0. The predicted octanol–water partition coefficient (Wildman–Crippen LogP) is 15.5. The summed E-state index contributed by atoms with van der Waals surface area (Å²) in [7, 11) is 0. The number of nitrogens with zero attached hydrogens (tertiary/aromatic N) is 3. The summed E-state index contributed by atoms with van der Waals surface area (Å²) in [6.07, 6.45) is 0. The van der Waals surface area contributed by atoms with Crippen LogP contribution >= 0.6 is 0 Å². The van der Waals surface area contributed by atoms with Crippen LogP contribution in [0.5, 0.6) is 11.5 Å². The van der Waals surface area contributed by atoms with Crippen LogP contribution in [0, 0.1) is 0 Å². The maximum Gasteiger partial charge on any atom is 0.164 e. The smallest absolute Gasteiger partial charge is 0.164 e. The Morgan fingerprint density at radius 1 is 0.288 bits per heavy atom. The average Bonchev–Trinajstić information content (AvgIpc) is 3.50. The molecule has 308 valence electrons. The third kappa shape index (κ3) is 5.96. The van der Waals surface area contributed by atoms with Crippen LogP contribution < -0.4 is 4.74 Å². The Morgan fingerprint density at radius 3 is 1.47 bits per heavy atom. The highest BCUT2D eigenvalue weighted by molar-refractivity contribution is 5.98. The number of rotatable bonds is 5. The van der Waals surface area contributed by atoms with Crippen molar-refractivity contribution in [3.05, 3.63) is 259 Å². The summed E-state index contributed by atoms with van der Waals surface area (Å²) in [5, 5.41) is 2.20. The van der Waals surface area contributed by atoms with Gasteiger partial charge in [-0.15, -0.1) is 0 Å². The number of aromatic nitrogens is 3. The molecular formula is C62H39N3O. The molecule has 13 rings (SSSR count). The first kappa shape index (κ1) is 37.8. The van der Waals surface area contributed by atoms with Crippen molar-refractivity contribution in [3.63, 3.8) is 0 Å². The van der Waals surface area contributed by atoms with Gasteiger partial charge in [0.15, 0.2) is 17.5 Å². The second kappa shape index (κ2) is 15.2. The molecule has 1 spiro atoms. The molecule has 0 radical (unpaired) electrons. The third-order valence-electron chi connectivity index (χ3n) is 13.4. The lowest BCUT2D eigenvalue weighted by molar-refractivity contribution is 0.440. The van der Waals surface area contributed by atoms with Crippen LogP contribution in [0.1, 0.15) is 22.3 Å². The Labute approximate surface area is 383 Å². The number of benzene rings is 10. The molecule has 1 aromatic heterocycles. The Kier molecular flexibility index (Phi) is 8.72.